The number of nitrogens with zero attached hydrogens (tertiary/aromatic N) is 1. The molecular formula is C17H24N2O4. The Bertz CT molecular complexity index is 564. The summed E-state index contributed by atoms with van der Waals surface area (Å²) in [7, 11) is 3.65. The van der Waals surface area contributed by atoms with Gasteiger partial charge in [-0.1, -0.05) is 6.07 Å². The largest absolute Gasteiger partial charge is 0.490 e. The van der Waals surface area contributed by atoms with E-state index in [0.717, 1.165) is 36.4 Å². The van der Waals surface area contributed by atoms with Gasteiger partial charge in [-0.05, 0) is 31.2 Å². The number of carbonyl (C=O) groups excluding carboxylic acids is 1. The molecule has 0 spiro atoms. The van der Waals surface area contributed by atoms with E-state index in [9.17, 15) is 4.79 Å². The number of likely N-dealkylation sites (tertiary alicyclic amines) is 1. The van der Waals surface area contributed by atoms with E-state index in [1.807, 2.05) is 30.1 Å². The lowest BCUT2D eigenvalue weighted by Gasteiger charge is -2.18. The molecule has 1 saturated heterocycles. The lowest BCUT2D eigenvalue weighted by Crippen LogP contribution is -2.41. The first-order valence-corrected chi connectivity index (χ1v) is 8.06. The maximum atomic E-state index is 12.4. The third-order valence-corrected chi connectivity index (χ3v) is 4.42. The van der Waals surface area contributed by atoms with Crippen LogP contribution in [0.1, 0.15) is 18.4 Å². The predicted octanol–water partition coefficient (Wildman–Crippen LogP) is 1.18. The Morgan fingerprint density at radius 1 is 1.35 bits per heavy atom. The molecule has 0 saturated carbocycles. The molecule has 2 atom stereocenters. The monoisotopic (exact) mass is 320 g/mol. The Balaban J connectivity index is 1.58. The molecule has 23 heavy (non-hydrogen) atoms. The van der Waals surface area contributed by atoms with Crippen LogP contribution in [0.25, 0.3) is 0 Å². The third-order valence-electron chi connectivity index (χ3n) is 4.42. The van der Waals surface area contributed by atoms with Gasteiger partial charge in [0.1, 0.15) is 0 Å². The number of hydrogen-bond acceptors (Lipinski definition) is 5. The minimum Gasteiger partial charge on any atom is -0.490 e. The summed E-state index contributed by atoms with van der Waals surface area (Å²) in [5, 5.41) is 3.01. The van der Waals surface area contributed by atoms with Crippen molar-refractivity contribution in [2.24, 2.45) is 0 Å². The number of fused-ring (bicyclic) bond motifs is 1. The lowest BCUT2D eigenvalue weighted by molar-refractivity contribution is -0.125. The molecule has 1 N–H and O–H groups in total. The summed E-state index contributed by atoms with van der Waals surface area (Å²) in [6, 6.07) is 5.69. The van der Waals surface area contributed by atoms with Crippen LogP contribution in [0.15, 0.2) is 18.2 Å². The molecule has 0 aliphatic carbocycles. The first kappa shape index (κ1) is 16.1. The number of hydrogen-bond donors (Lipinski definition) is 1. The van der Waals surface area contributed by atoms with Gasteiger partial charge in [0.2, 0.25) is 5.91 Å². The number of likely N-dealkylation sites (N-methyl/N-ethyl adjacent to an activating group) is 1. The molecule has 0 radical (unpaired) electrons. The zero-order valence-corrected chi connectivity index (χ0v) is 13.7. The van der Waals surface area contributed by atoms with Crippen molar-refractivity contribution in [2.75, 3.05) is 33.9 Å². The van der Waals surface area contributed by atoms with E-state index in [0.29, 0.717) is 19.8 Å². The Kier molecular flexibility index (Phi) is 5.03. The minimum atomic E-state index is -0.125. The van der Waals surface area contributed by atoms with Crippen molar-refractivity contribution in [1.82, 2.24) is 10.2 Å². The molecule has 1 aromatic carbocycles. The first-order chi connectivity index (χ1) is 11.2. The van der Waals surface area contributed by atoms with E-state index in [1.165, 1.54) is 0 Å². The molecule has 1 fully saturated rings. The van der Waals surface area contributed by atoms with Crippen LogP contribution in [0.4, 0.5) is 0 Å². The highest BCUT2D eigenvalue weighted by atomic mass is 16.5. The smallest absolute Gasteiger partial charge is 0.237 e. The van der Waals surface area contributed by atoms with Crippen molar-refractivity contribution in [2.45, 2.75) is 31.5 Å². The number of carbonyl (C=O) groups is 1. The maximum absolute atomic E-state index is 12.4. The third kappa shape index (κ3) is 3.76. The fourth-order valence-corrected chi connectivity index (χ4v) is 3.05. The van der Waals surface area contributed by atoms with Gasteiger partial charge >= 0.3 is 0 Å². The van der Waals surface area contributed by atoms with E-state index in [1.54, 1.807) is 7.11 Å². The molecule has 2 aliphatic heterocycles. The molecule has 1 amide bonds. The topological polar surface area (TPSA) is 60.0 Å². The van der Waals surface area contributed by atoms with Crippen molar-refractivity contribution in [1.29, 1.82) is 0 Å². The predicted molar refractivity (Wildman–Crippen MR) is 85.7 cm³/mol. The Labute approximate surface area is 136 Å². The van der Waals surface area contributed by atoms with Crippen LogP contribution in [-0.4, -0.2) is 56.9 Å². The molecule has 1 aromatic rings. The molecule has 6 heteroatoms. The summed E-state index contributed by atoms with van der Waals surface area (Å²) in [6.07, 6.45) is 1.75. The second kappa shape index (κ2) is 7.19. The average molecular weight is 320 g/mol. The maximum Gasteiger partial charge on any atom is 0.237 e. The number of amides is 1. The normalized spacial score (nSPS) is 24.3. The van der Waals surface area contributed by atoms with Crippen LogP contribution in [0, 0.1) is 0 Å². The van der Waals surface area contributed by atoms with Crippen LogP contribution >= 0.6 is 0 Å². The number of rotatable bonds is 4. The lowest BCUT2D eigenvalue weighted by atomic mass is 10.1. The van der Waals surface area contributed by atoms with Crippen LogP contribution in [0.5, 0.6) is 11.5 Å². The molecular weight excluding hydrogens is 296 g/mol. The molecule has 6 nitrogen and oxygen atoms in total. The second-order valence-electron chi connectivity index (χ2n) is 6.10. The van der Waals surface area contributed by atoms with E-state index in [4.69, 9.17) is 14.2 Å². The zero-order chi connectivity index (χ0) is 16.2. The van der Waals surface area contributed by atoms with Crippen molar-refractivity contribution in [3.8, 4) is 11.5 Å². The standard InChI is InChI=1S/C17H24N2O4/c1-19-11-13(21-2)9-14(19)17(20)18-10-12-4-5-15-16(8-12)23-7-3-6-22-15/h4-5,8,13-14H,3,6-7,9-11H2,1-2H3,(H,18,20)/t13-,14-/m0/s1. The highest BCUT2D eigenvalue weighted by Crippen LogP contribution is 2.30. The first-order valence-electron chi connectivity index (χ1n) is 8.06. The minimum absolute atomic E-state index is 0.0409. The quantitative estimate of drug-likeness (QED) is 0.903. The van der Waals surface area contributed by atoms with Crippen LogP contribution < -0.4 is 14.8 Å². The summed E-state index contributed by atoms with van der Waals surface area (Å²) in [5.41, 5.74) is 1.01. The van der Waals surface area contributed by atoms with Crippen molar-refractivity contribution in [3.63, 3.8) is 0 Å². The molecule has 3 rings (SSSR count). The van der Waals surface area contributed by atoms with Gasteiger partial charge in [-0.2, -0.15) is 0 Å². The fraction of sp³-hybridized carbons (Fsp3) is 0.588. The Morgan fingerprint density at radius 3 is 2.87 bits per heavy atom. The van der Waals surface area contributed by atoms with Gasteiger partial charge < -0.3 is 19.5 Å². The number of nitrogens with one attached hydrogen (secondary N) is 1. The van der Waals surface area contributed by atoms with Gasteiger partial charge in [-0.25, -0.2) is 0 Å². The van der Waals surface area contributed by atoms with Gasteiger partial charge in [0.15, 0.2) is 11.5 Å². The molecule has 2 aliphatic rings. The summed E-state index contributed by atoms with van der Waals surface area (Å²) >= 11 is 0. The van der Waals surface area contributed by atoms with E-state index in [2.05, 4.69) is 5.32 Å². The highest BCUT2D eigenvalue weighted by Gasteiger charge is 2.34. The van der Waals surface area contributed by atoms with Crippen molar-refractivity contribution in [3.05, 3.63) is 23.8 Å². The Hall–Kier alpha value is -1.79. The summed E-state index contributed by atoms with van der Waals surface area (Å²) in [6.45, 7) is 2.61. The second-order valence-corrected chi connectivity index (χ2v) is 6.10. The zero-order valence-electron chi connectivity index (χ0n) is 13.7. The average Bonchev–Trinajstić information content (AvgIpc) is 2.79. The van der Waals surface area contributed by atoms with Crippen molar-refractivity contribution >= 4 is 5.91 Å². The molecule has 0 bridgehead atoms. The SMILES string of the molecule is CO[C@H]1C[C@@H](C(=O)NCc2ccc3c(c2)OCCCO3)N(C)C1. The molecule has 2 heterocycles. The highest BCUT2D eigenvalue weighted by molar-refractivity contribution is 5.82. The number of ether oxygens (including phenoxy) is 3. The molecule has 0 unspecified atom stereocenters. The van der Waals surface area contributed by atoms with Crippen LogP contribution in [0.2, 0.25) is 0 Å². The number of benzene rings is 1. The van der Waals surface area contributed by atoms with E-state index in [-0.39, 0.29) is 18.1 Å². The van der Waals surface area contributed by atoms with E-state index < -0.39 is 0 Å². The summed E-state index contributed by atoms with van der Waals surface area (Å²) in [5.74, 6) is 1.57. The molecule has 126 valence electrons. The van der Waals surface area contributed by atoms with Crippen molar-refractivity contribution < 1.29 is 19.0 Å². The van der Waals surface area contributed by atoms with E-state index >= 15 is 0 Å². The Morgan fingerprint density at radius 2 is 2.13 bits per heavy atom. The van der Waals surface area contributed by atoms with Gasteiger partial charge in [0.25, 0.3) is 0 Å². The summed E-state index contributed by atoms with van der Waals surface area (Å²) < 4.78 is 16.6. The van der Waals surface area contributed by atoms with Gasteiger partial charge in [0, 0.05) is 26.6 Å². The van der Waals surface area contributed by atoms with Gasteiger partial charge in [-0.3, -0.25) is 9.69 Å². The van der Waals surface area contributed by atoms with Gasteiger partial charge in [-0.15, -0.1) is 0 Å². The van der Waals surface area contributed by atoms with Gasteiger partial charge in [0.05, 0.1) is 25.4 Å². The fourth-order valence-electron chi connectivity index (χ4n) is 3.05. The number of methoxy groups -OCH3 is 1. The summed E-state index contributed by atoms with van der Waals surface area (Å²) in [4.78, 5) is 14.4. The van der Waals surface area contributed by atoms with Crippen LogP contribution in [-0.2, 0) is 16.1 Å². The molecule has 0 aromatic heterocycles. The van der Waals surface area contributed by atoms with Crippen LogP contribution in [0.3, 0.4) is 0 Å².